The molecule has 0 radical (unpaired) electrons. The van der Waals surface area contributed by atoms with E-state index in [2.05, 4.69) is 15.0 Å². The maximum atomic E-state index is 12.9. The van der Waals surface area contributed by atoms with Crippen molar-refractivity contribution in [3.63, 3.8) is 0 Å². The molecule has 1 amide bonds. The van der Waals surface area contributed by atoms with Gasteiger partial charge in [0, 0.05) is 22.0 Å². The third kappa shape index (κ3) is 6.02. The van der Waals surface area contributed by atoms with Crippen LogP contribution in [0, 0.1) is 5.92 Å². The molecule has 176 valence electrons. The molecule has 1 aromatic heterocycles. The van der Waals surface area contributed by atoms with Gasteiger partial charge in [-0.05, 0) is 36.2 Å². The van der Waals surface area contributed by atoms with Crippen LogP contribution in [0.3, 0.4) is 0 Å². The van der Waals surface area contributed by atoms with Crippen molar-refractivity contribution < 1.29 is 22.7 Å². The normalized spacial score (nSPS) is 12.4. The lowest BCUT2D eigenvalue weighted by Gasteiger charge is -2.21. The van der Waals surface area contributed by atoms with Crippen LogP contribution in [0.4, 0.5) is 5.13 Å². The van der Waals surface area contributed by atoms with Crippen LogP contribution < -0.4 is 19.5 Å². The van der Waals surface area contributed by atoms with E-state index in [1.54, 1.807) is 51.6 Å². The quantitative estimate of drug-likeness (QED) is 0.442. The number of thiazole rings is 1. The number of hydrogen-bond donors (Lipinski definition) is 2. The summed E-state index contributed by atoms with van der Waals surface area (Å²) in [5, 5.41) is 5.11. The van der Waals surface area contributed by atoms with Crippen molar-refractivity contribution in [1.29, 1.82) is 0 Å². The van der Waals surface area contributed by atoms with Crippen LogP contribution >= 0.6 is 22.9 Å². The Hall–Kier alpha value is -2.66. The number of methoxy groups -OCH3 is 2. The second-order valence-corrected chi connectivity index (χ2v) is 10.4. The van der Waals surface area contributed by atoms with E-state index >= 15 is 0 Å². The molecule has 0 bridgehead atoms. The number of halogens is 1. The number of rotatable bonds is 9. The highest BCUT2D eigenvalue weighted by atomic mass is 35.5. The Labute approximate surface area is 202 Å². The molecule has 0 aliphatic carbocycles. The van der Waals surface area contributed by atoms with Crippen molar-refractivity contribution in [2.24, 2.45) is 5.92 Å². The molecule has 0 saturated heterocycles. The summed E-state index contributed by atoms with van der Waals surface area (Å²) in [7, 11) is -0.844. The molecular weight excluding hydrogens is 486 g/mol. The summed E-state index contributed by atoms with van der Waals surface area (Å²) in [6, 6.07) is 10.2. The van der Waals surface area contributed by atoms with Crippen molar-refractivity contribution in [1.82, 2.24) is 9.71 Å². The summed E-state index contributed by atoms with van der Waals surface area (Å²) >= 11 is 7.14. The lowest BCUT2D eigenvalue weighted by atomic mass is 10.1. The number of ether oxygens (including phenoxy) is 2. The number of anilines is 1. The van der Waals surface area contributed by atoms with E-state index in [0.29, 0.717) is 22.3 Å². The Morgan fingerprint density at radius 2 is 1.88 bits per heavy atom. The molecule has 0 unspecified atom stereocenters. The van der Waals surface area contributed by atoms with Gasteiger partial charge >= 0.3 is 0 Å². The molecule has 3 aromatic rings. The molecule has 3 rings (SSSR count). The highest BCUT2D eigenvalue weighted by Gasteiger charge is 2.29. The van der Waals surface area contributed by atoms with Crippen molar-refractivity contribution in [2.75, 3.05) is 19.5 Å². The van der Waals surface area contributed by atoms with E-state index in [9.17, 15) is 13.2 Å². The van der Waals surface area contributed by atoms with Crippen molar-refractivity contribution >= 4 is 44.0 Å². The first kappa shape index (κ1) is 25.0. The second kappa shape index (κ2) is 10.5. The number of hydrogen-bond acceptors (Lipinski definition) is 7. The molecule has 0 fully saturated rings. The number of carbonyl (C=O) groups is 1. The largest absolute Gasteiger partial charge is 0.497 e. The smallest absolute Gasteiger partial charge is 0.244 e. The predicted molar refractivity (Wildman–Crippen MR) is 130 cm³/mol. The van der Waals surface area contributed by atoms with Crippen LogP contribution in [-0.2, 0) is 14.8 Å². The minimum absolute atomic E-state index is 0.0171. The van der Waals surface area contributed by atoms with E-state index in [4.69, 9.17) is 21.1 Å². The topological polar surface area (TPSA) is 107 Å². The number of sulfonamides is 1. The Kier molecular flexibility index (Phi) is 7.96. The van der Waals surface area contributed by atoms with Crippen LogP contribution in [0.15, 0.2) is 52.7 Å². The highest BCUT2D eigenvalue weighted by molar-refractivity contribution is 7.89. The van der Waals surface area contributed by atoms with Crippen LogP contribution in [0.2, 0.25) is 5.02 Å². The van der Waals surface area contributed by atoms with E-state index in [-0.39, 0.29) is 15.8 Å². The molecule has 2 N–H and O–H groups in total. The minimum atomic E-state index is -3.96. The van der Waals surface area contributed by atoms with Gasteiger partial charge in [0.25, 0.3) is 0 Å². The second-order valence-electron chi connectivity index (χ2n) is 7.39. The standard InChI is InChI=1S/C22H24ClN3O5S2/c1-13(2)20(26-33(28,29)16-7-5-6-14(23)10-16)21(27)25-22-24-18(12-32-22)17-9-8-15(30-3)11-19(17)31-4/h5-13,20,26H,1-4H3,(H,24,25,27)/t20-/m0/s1. The van der Waals surface area contributed by atoms with Gasteiger partial charge in [0.2, 0.25) is 15.9 Å². The summed E-state index contributed by atoms with van der Waals surface area (Å²) < 4.78 is 38.7. The lowest BCUT2D eigenvalue weighted by molar-refractivity contribution is -0.118. The molecule has 0 spiro atoms. The van der Waals surface area contributed by atoms with Crippen molar-refractivity contribution in [2.45, 2.75) is 24.8 Å². The average Bonchev–Trinajstić information content (AvgIpc) is 3.24. The summed E-state index contributed by atoms with van der Waals surface area (Å²) in [4.78, 5) is 17.4. The molecule has 33 heavy (non-hydrogen) atoms. The SMILES string of the molecule is COc1ccc(-c2csc(NC(=O)[C@@H](NS(=O)(=O)c3cccc(Cl)c3)C(C)C)n2)c(OC)c1. The minimum Gasteiger partial charge on any atom is -0.497 e. The third-order valence-corrected chi connectivity index (χ3v) is 7.19. The van der Waals surface area contributed by atoms with Crippen LogP contribution in [0.25, 0.3) is 11.3 Å². The Balaban J connectivity index is 1.79. The molecule has 11 heteroatoms. The zero-order valence-electron chi connectivity index (χ0n) is 18.5. The Morgan fingerprint density at radius 3 is 2.52 bits per heavy atom. The molecule has 2 aromatic carbocycles. The predicted octanol–water partition coefficient (Wildman–Crippen LogP) is 4.42. The summed E-state index contributed by atoms with van der Waals surface area (Å²) in [6.07, 6.45) is 0. The maximum Gasteiger partial charge on any atom is 0.244 e. The van der Waals surface area contributed by atoms with Gasteiger partial charge in [-0.25, -0.2) is 13.4 Å². The van der Waals surface area contributed by atoms with Gasteiger partial charge in [-0.3, -0.25) is 4.79 Å². The number of nitrogens with zero attached hydrogens (tertiary/aromatic N) is 1. The molecule has 1 atom stereocenters. The molecule has 1 heterocycles. The van der Waals surface area contributed by atoms with E-state index in [0.717, 1.165) is 5.56 Å². The number of amides is 1. The first-order chi connectivity index (χ1) is 15.6. The monoisotopic (exact) mass is 509 g/mol. The zero-order chi connectivity index (χ0) is 24.2. The Morgan fingerprint density at radius 1 is 1.12 bits per heavy atom. The fraction of sp³-hybridized carbons (Fsp3) is 0.273. The van der Waals surface area contributed by atoms with Crippen LogP contribution in [0.5, 0.6) is 11.5 Å². The number of aromatic nitrogens is 1. The molecule has 0 saturated carbocycles. The summed E-state index contributed by atoms with van der Waals surface area (Å²) in [6.45, 7) is 3.50. The number of nitrogens with one attached hydrogen (secondary N) is 2. The van der Waals surface area contributed by atoms with Gasteiger partial charge in [0.1, 0.15) is 17.5 Å². The summed E-state index contributed by atoms with van der Waals surface area (Å²) in [5.74, 6) is 0.385. The maximum absolute atomic E-state index is 12.9. The zero-order valence-corrected chi connectivity index (χ0v) is 20.8. The Bertz CT molecular complexity index is 1240. The van der Waals surface area contributed by atoms with Gasteiger partial charge in [-0.15, -0.1) is 11.3 Å². The molecule has 0 aliphatic heterocycles. The third-order valence-electron chi connectivity index (χ3n) is 4.76. The fourth-order valence-corrected chi connectivity index (χ4v) is 5.37. The molecule has 0 aliphatic rings. The summed E-state index contributed by atoms with van der Waals surface area (Å²) in [5.41, 5.74) is 1.34. The van der Waals surface area contributed by atoms with E-state index in [1.807, 2.05) is 6.07 Å². The van der Waals surface area contributed by atoms with Gasteiger partial charge in [-0.2, -0.15) is 4.72 Å². The fourth-order valence-electron chi connectivity index (χ4n) is 3.01. The van der Waals surface area contributed by atoms with Crippen LogP contribution in [-0.4, -0.2) is 39.6 Å². The first-order valence-corrected chi connectivity index (χ1v) is 12.7. The molecular formula is C22H24ClN3O5S2. The number of benzene rings is 2. The highest BCUT2D eigenvalue weighted by Crippen LogP contribution is 2.35. The van der Waals surface area contributed by atoms with Crippen molar-refractivity contribution in [3.8, 4) is 22.8 Å². The molecule has 8 nitrogen and oxygen atoms in total. The van der Waals surface area contributed by atoms with Gasteiger partial charge in [-0.1, -0.05) is 31.5 Å². The van der Waals surface area contributed by atoms with Gasteiger partial charge in [0.05, 0.1) is 24.8 Å². The lowest BCUT2D eigenvalue weighted by Crippen LogP contribution is -2.47. The first-order valence-electron chi connectivity index (χ1n) is 9.91. The van der Waals surface area contributed by atoms with Crippen molar-refractivity contribution in [3.05, 3.63) is 52.9 Å². The van der Waals surface area contributed by atoms with E-state index < -0.39 is 22.0 Å². The average molecular weight is 510 g/mol. The van der Waals surface area contributed by atoms with E-state index in [1.165, 1.54) is 29.5 Å². The van der Waals surface area contributed by atoms with Gasteiger partial charge in [0.15, 0.2) is 5.13 Å². The number of carbonyl (C=O) groups excluding carboxylic acids is 1. The van der Waals surface area contributed by atoms with Gasteiger partial charge < -0.3 is 14.8 Å². The van der Waals surface area contributed by atoms with Crippen LogP contribution in [0.1, 0.15) is 13.8 Å².